The maximum Gasteiger partial charge on any atom is 0.306 e. The fraction of sp³-hybridized carbons (Fsp3) is 0.417. The topological polar surface area (TPSA) is 86.0 Å². The number of nitrogens with one attached hydrogen (secondary N) is 1. The third-order valence-electron chi connectivity index (χ3n) is 3.13. The van der Waals surface area contributed by atoms with Crippen LogP contribution in [0.1, 0.15) is 24.8 Å². The van der Waals surface area contributed by atoms with E-state index in [9.17, 15) is 4.79 Å². The number of carbonyl (C=O) groups is 1. The zero-order chi connectivity index (χ0) is 13.1. The van der Waals surface area contributed by atoms with Gasteiger partial charge in [0.2, 0.25) is 0 Å². The van der Waals surface area contributed by atoms with Crippen LogP contribution in [0, 0.1) is 17.2 Å². The van der Waals surface area contributed by atoms with Crippen molar-refractivity contribution in [2.45, 2.75) is 25.3 Å². The highest BCUT2D eigenvalue weighted by Crippen LogP contribution is 2.30. The first kappa shape index (κ1) is 12.7. The first-order chi connectivity index (χ1) is 8.61. The summed E-state index contributed by atoms with van der Waals surface area (Å²) in [6, 6.07) is 3.57. The van der Waals surface area contributed by atoms with Crippen LogP contribution in [0.25, 0.3) is 0 Å². The van der Waals surface area contributed by atoms with Crippen LogP contribution in [0.4, 0.5) is 5.82 Å². The minimum absolute atomic E-state index is 0.0463. The second-order valence-corrected chi connectivity index (χ2v) is 4.70. The van der Waals surface area contributed by atoms with E-state index in [1.807, 2.05) is 6.07 Å². The van der Waals surface area contributed by atoms with E-state index in [-0.39, 0.29) is 12.0 Å². The third-order valence-corrected chi connectivity index (χ3v) is 3.51. The second-order valence-electron chi connectivity index (χ2n) is 4.32. The molecule has 0 saturated heterocycles. The third kappa shape index (κ3) is 2.54. The predicted octanol–water partition coefficient (Wildman–Crippen LogP) is 2.27. The van der Waals surface area contributed by atoms with Gasteiger partial charge < -0.3 is 10.4 Å². The smallest absolute Gasteiger partial charge is 0.306 e. The summed E-state index contributed by atoms with van der Waals surface area (Å²) in [4.78, 5) is 14.9. The molecule has 1 fully saturated rings. The average molecular weight is 266 g/mol. The van der Waals surface area contributed by atoms with E-state index < -0.39 is 5.97 Å². The summed E-state index contributed by atoms with van der Waals surface area (Å²) in [6.07, 6.45) is 3.49. The fourth-order valence-electron chi connectivity index (χ4n) is 2.16. The number of aliphatic carboxylic acids is 1. The van der Waals surface area contributed by atoms with Gasteiger partial charge in [-0.3, -0.25) is 4.79 Å². The number of nitriles is 1. The Balaban J connectivity index is 2.08. The molecule has 1 saturated carbocycles. The molecule has 0 aliphatic heterocycles. The van der Waals surface area contributed by atoms with Crippen LogP contribution in [-0.2, 0) is 4.79 Å². The van der Waals surface area contributed by atoms with Gasteiger partial charge in [0.05, 0.1) is 11.5 Å². The van der Waals surface area contributed by atoms with Crippen molar-refractivity contribution in [2.75, 3.05) is 5.32 Å². The van der Waals surface area contributed by atoms with Gasteiger partial charge in [-0.2, -0.15) is 5.26 Å². The van der Waals surface area contributed by atoms with Crippen LogP contribution in [0.15, 0.2) is 12.3 Å². The molecule has 1 aromatic rings. The van der Waals surface area contributed by atoms with Gasteiger partial charge >= 0.3 is 5.97 Å². The van der Waals surface area contributed by atoms with Gasteiger partial charge in [0.25, 0.3) is 0 Å². The SMILES string of the molecule is N#Cc1ccnc(NC2CCC(C(=O)O)C2)c1Cl. The molecule has 0 aromatic carbocycles. The van der Waals surface area contributed by atoms with E-state index in [2.05, 4.69) is 10.3 Å². The van der Waals surface area contributed by atoms with Crippen LogP contribution in [0.3, 0.4) is 0 Å². The lowest BCUT2D eigenvalue weighted by atomic mass is 10.1. The molecule has 0 spiro atoms. The Morgan fingerprint density at radius 1 is 1.61 bits per heavy atom. The van der Waals surface area contributed by atoms with Crippen LogP contribution in [-0.4, -0.2) is 22.1 Å². The molecule has 18 heavy (non-hydrogen) atoms. The second kappa shape index (κ2) is 5.23. The quantitative estimate of drug-likeness (QED) is 0.876. The summed E-state index contributed by atoms with van der Waals surface area (Å²) >= 11 is 6.02. The molecule has 0 radical (unpaired) electrons. The Hall–Kier alpha value is -1.80. The van der Waals surface area contributed by atoms with Gasteiger partial charge in [-0.1, -0.05) is 11.6 Å². The molecular weight excluding hydrogens is 254 g/mol. The van der Waals surface area contributed by atoms with Gasteiger partial charge in [-0.05, 0) is 25.3 Å². The molecule has 94 valence electrons. The van der Waals surface area contributed by atoms with Crippen LogP contribution >= 0.6 is 11.6 Å². The molecule has 5 nitrogen and oxygen atoms in total. The van der Waals surface area contributed by atoms with Crippen molar-refractivity contribution in [3.63, 3.8) is 0 Å². The molecule has 2 unspecified atom stereocenters. The average Bonchev–Trinajstić information content (AvgIpc) is 2.80. The monoisotopic (exact) mass is 265 g/mol. The number of nitrogens with zero attached hydrogens (tertiary/aromatic N) is 2. The number of halogens is 1. The first-order valence-corrected chi connectivity index (χ1v) is 6.03. The first-order valence-electron chi connectivity index (χ1n) is 5.65. The molecule has 1 aliphatic rings. The van der Waals surface area contributed by atoms with Crippen LogP contribution in [0.5, 0.6) is 0 Å². The number of rotatable bonds is 3. The number of carboxylic acid groups (broad SMARTS) is 1. The van der Waals surface area contributed by atoms with Crippen molar-refractivity contribution in [1.29, 1.82) is 5.26 Å². The maximum atomic E-state index is 10.9. The summed E-state index contributed by atoms with van der Waals surface area (Å²) in [7, 11) is 0. The highest BCUT2D eigenvalue weighted by molar-refractivity contribution is 6.34. The summed E-state index contributed by atoms with van der Waals surface area (Å²) in [5, 5.41) is 21.2. The van der Waals surface area contributed by atoms with Crippen LogP contribution < -0.4 is 5.32 Å². The Morgan fingerprint density at radius 2 is 2.39 bits per heavy atom. The molecule has 2 rings (SSSR count). The lowest BCUT2D eigenvalue weighted by Gasteiger charge is -2.14. The highest BCUT2D eigenvalue weighted by Gasteiger charge is 2.30. The lowest BCUT2D eigenvalue weighted by Crippen LogP contribution is -2.18. The van der Waals surface area contributed by atoms with E-state index in [0.29, 0.717) is 29.2 Å². The normalized spacial score (nSPS) is 22.4. The summed E-state index contributed by atoms with van der Waals surface area (Å²) in [6.45, 7) is 0. The number of hydrogen-bond acceptors (Lipinski definition) is 4. The Bertz CT molecular complexity index is 513. The number of aromatic nitrogens is 1. The fourth-order valence-corrected chi connectivity index (χ4v) is 2.37. The molecule has 1 heterocycles. The van der Waals surface area contributed by atoms with Crippen LogP contribution in [0.2, 0.25) is 5.02 Å². The molecular formula is C12H12ClN3O2. The van der Waals surface area contributed by atoms with E-state index in [1.165, 1.54) is 6.20 Å². The Morgan fingerprint density at radius 3 is 3.00 bits per heavy atom. The number of anilines is 1. The molecule has 6 heteroatoms. The standard InChI is InChI=1S/C12H12ClN3O2/c13-10-8(6-14)3-4-15-11(10)16-9-2-1-7(5-9)12(17)18/h3-4,7,9H,1-2,5H2,(H,15,16)(H,17,18). The van der Waals surface area contributed by atoms with Gasteiger partial charge in [-0.15, -0.1) is 0 Å². The van der Waals surface area contributed by atoms with E-state index in [4.69, 9.17) is 22.0 Å². The van der Waals surface area contributed by atoms with Gasteiger partial charge in [-0.25, -0.2) is 4.98 Å². The van der Waals surface area contributed by atoms with Crippen molar-refractivity contribution in [3.8, 4) is 6.07 Å². The lowest BCUT2D eigenvalue weighted by molar-refractivity contribution is -0.141. The molecule has 1 aromatic heterocycles. The zero-order valence-electron chi connectivity index (χ0n) is 9.56. The van der Waals surface area contributed by atoms with Gasteiger partial charge in [0.15, 0.2) is 0 Å². The number of pyridine rings is 1. The van der Waals surface area contributed by atoms with Crippen molar-refractivity contribution in [3.05, 3.63) is 22.8 Å². The Labute approximate surface area is 109 Å². The maximum absolute atomic E-state index is 10.9. The van der Waals surface area contributed by atoms with Gasteiger partial charge in [0.1, 0.15) is 16.9 Å². The summed E-state index contributed by atoms with van der Waals surface area (Å²) < 4.78 is 0. The molecule has 2 N–H and O–H groups in total. The van der Waals surface area contributed by atoms with E-state index in [1.54, 1.807) is 6.07 Å². The molecule has 0 bridgehead atoms. The van der Waals surface area contributed by atoms with Crippen molar-refractivity contribution >= 4 is 23.4 Å². The number of hydrogen-bond donors (Lipinski definition) is 2. The predicted molar refractivity (Wildman–Crippen MR) is 66.3 cm³/mol. The van der Waals surface area contributed by atoms with Gasteiger partial charge in [0, 0.05) is 12.2 Å². The van der Waals surface area contributed by atoms with Crippen molar-refractivity contribution < 1.29 is 9.90 Å². The summed E-state index contributed by atoms with van der Waals surface area (Å²) in [5.41, 5.74) is 0.363. The van der Waals surface area contributed by atoms with E-state index >= 15 is 0 Å². The number of carboxylic acids is 1. The molecule has 0 amide bonds. The minimum Gasteiger partial charge on any atom is -0.481 e. The van der Waals surface area contributed by atoms with E-state index in [0.717, 1.165) is 6.42 Å². The van der Waals surface area contributed by atoms with Crippen molar-refractivity contribution in [1.82, 2.24) is 4.98 Å². The summed E-state index contributed by atoms with van der Waals surface area (Å²) in [5.74, 6) is -0.615. The Kier molecular flexibility index (Phi) is 3.68. The molecule has 2 atom stereocenters. The van der Waals surface area contributed by atoms with Crippen molar-refractivity contribution in [2.24, 2.45) is 5.92 Å². The largest absolute Gasteiger partial charge is 0.481 e. The minimum atomic E-state index is -0.760. The highest BCUT2D eigenvalue weighted by atomic mass is 35.5. The zero-order valence-corrected chi connectivity index (χ0v) is 10.3. The molecule has 1 aliphatic carbocycles.